The Kier molecular flexibility index (Phi) is 5.51. The normalized spacial score (nSPS) is 16.3. The lowest BCUT2D eigenvalue weighted by Gasteiger charge is -2.36. The minimum Gasteiger partial charge on any atom is -0.496 e. The van der Waals surface area contributed by atoms with Gasteiger partial charge in [0.15, 0.2) is 5.67 Å². The molecule has 1 fully saturated rings. The quantitative estimate of drug-likeness (QED) is 0.499. The fourth-order valence-corrected chi connectivity index (χ4v) is 3.94. The molecule has 164 valence electrons. The first-order chi connectivity index (χ1) is 14.7. The van der Waals surface area contributed by atoms with Crippen LogP contribution in [0.15, 0.2) is 36.4 Å². The van der Waals surface area contributed by atoms with Crippen LogP contribution in [0.1, 0.15) is 41.8 Å². The van der Waals surface area contributed by atoms with E-state index in [4.69, 9.17) is 4.74 Å². The number of hydrogen-bond donors (Lipinski definition) is 2. The van der Waals surface area contributed by atoms with E-state index in [1.54, 1.807) is 32.0 Å². The smallest absolute Gasteiger partial charge is 0.266 e. The Morgan fingerprint density at radius 3 is 2.48 bits per heavy atom. The molecule has 2 heterocycles. The van der Waals surface area contributed by atoms with Gasteiger partial charge in [-0.15, -0.1) is 0 Å². The van der Waals surface area contributed by atoms with E-state index < -0.39 is 29.5 Å². The maximum Gasteiger partial charge on any atom is 0.266 e. The van der Waals surface area contributed by atoms with Crippen molar-refractivity contribution in [3.63, 3.8) is 0 Å². The molecule has 4 nitrogen and oxygen atoms in total. The minimum atomic E-state index is -2.90. The molecular formula is C23H23F4N3O. The van der Waals surface area contributed by atoms with Gasteiger partial charge in [0.05, 0.1) is 24.2 Å². The van der Waals surface area contributed by atoms with Crippen molar-refractivity contribution >= 4 is 16.6 Å². The monoisotopic (exact) mass is 433 g/mol. The van der Waals surface area contributed by atoms with Gasteiger partial charge in [-0.25, -0.2) is 17.6 Å². The van der Waals surface area contributed by atoms with Gasteiger partial charge in [-0.2, -0.15) is 0 Å². The molecule has 0 amide bonds. The number of aromatic nitrogens is 1. The second-order valence-electron chi connectivity index (χ2n) is 7.87. The molecule has 1 aliphatic heterocycles. The molecule has 0 radical (unpaired) electrons. The Labute approximate surface area is 177 Å². The van der Waals surface area contributed by atoms with E-state index in [0.29, 0.717) is 33.6 Å². The third kappa shape index (κ3) is 3.80. The molecule has 4 rings (SSSR count). The van der Waals surface area contributed by atoms with Crippen LogP contribution < -0.4 is 15.4 Å². The predicted molar refractivity (Wildman–Crippen MR) is 112 cm³/mol. The van der Waals surface area contributed by atoms with Gasteiger partial charge in [-0.3, -0.25) is 4.98 Å². The van der Waals surface area contributed by atoms with Gasteiger partial charge in [0, 0.05) is 47.1 Å². The van der Waals surface area contributed by atoms with Gasteiger partial charge in [-0.05, 0) is 26.0 Å². The van der Waals surface area contributed by atoms with E-state index in [0.717, 1.165) is 6.07 Å². The van der Waals surface area contributed by atoms with Crippen molar-refractivity contribution in [2.45, 2.75) is 32.0 Å². The number of fused-ring (bicyclic) bond motifs is 1. The molecule has 1 atom stereocenters. The van der Waals surface area contributed by atoms with E-state index >= 15 is 4.39 Å². The molecule has 1 aromatic heterocycles. The highest BCUT2D eigenvalue weighted by atomic mass is 19.3. The molecule has 8 heteroatoms. The maximum absolute atomic E-state index is 15.2. The number of rotatable bonds is 6. The fourth-order valence-electron chi connectivity index (χ4n) is 3.94. The highest BCUT2D eigenvalue weighted by Crippen LogP contribution is 2.41. The highest BCUT2D eigenvalue weighted by molar-refractivity contribution is 5.93. The average Bonchev–Trinajstić information content (AvgIpc) is 2.70. The summed E-state index contributed by atoms with van der Waals surface area (Å²) in [6, 6.07) is 8.50. The lowest BCUT2D eigenvalue weighted by Crippen LogP contribution is -2.53. The number of anilines is 1. The summed E-state index contributed by atoms with van der Waals surface area (Å²) in [5.74, 6) is -0.525. The highest BCUT2D eigenvalue weighted by Gasteiger charge is 2.41. The van der Waals surface area contributed by atoms with Gasteiger partial charge in [0.1, 0.15) is 11.6 Å². The standard InChI is InChI=1S/C23H23F4N3O/c1-12-7-18(30-13(2)14-5-4-6-15(21(14)24)22(25)26)16-8-17(23(27)10-28-11-23)20(31-3)9-19(16)29-12/h4-9,13,22,28H,10-11H2,1-3H3,(H,29,30)/t13-/m1/s1. The third-order valence-electron chi connectivity index (χ3n) is 5.68. The SMILES string of the molecule is COc1cc2nc(C)cc(N[C@H](C)c3cccc(C(F)F)c3F)c2cc1C1(F)CNC1. The number of hydrogen-bond acceptors (Lipinski definition) is 4. The Hall–Kier alpha value is -2.87. The van der Waals surface area contributed by atoms with Crippen molar-refractivity contribution in [2.24, 2.45) is 0 Å². The maximum atomic E-state index is 15.2. The van der Waals surface area contributed by atoms with Gasteiger partial charge in [0.2, 0.25) is 0 Å². The van der Waals surface area contributed by atoms with Crippen molar-refractivity contribution in [3.05, 3.63) is 64.6 Å². The number of pyridine rings is 1. The number of alkyl halides is 3. The van der Waals surface area contributed by atoms with Crippen LogP contribution in [-0.4, -0.2) is 25.2 Å². The first kappa shape index (κ1) is 21.4. The molecule has 2 aromatic carbocycles. The third-order valence-corrected chi connectivity index (χ3v) is 5.68. The van der Waals surface area contributed by atoms with Crippen molar-refractivity contribution in [2.75, 3.05) is 25.5 Å². The van der Waals surface area contributed by atoms with E-state index in [1.807, 2.05) is 0 Å². The minimum absolute atomic E-state index is 0.124. The fraction of sp³-hybridized carbons (Fsp3) is 0.348. The second kappa shape index (κ2) is 8.00. The summed E-state index contributed by atoms with van der Waals surface area (Å²) in [5, 5.41) is 6.77. The first-order valence-electron chi connectivity index (χ1n) is 9.96. The summed E-state index contributed by atoms with van der Waals surface area (Å²) in [6.07, 6.45) is -2.90. The van der Waals surface area contributed by atoms with Crippen molar-refractivity contribution in [3.8, 4) is 5.75 Å². The number of ether oxygens (including phenoxy) is 1. The number of halogens is 4. The van der Waals surface area contributed by atoms with Gasteiger partial charge in [0.25, 0.3) is 6.43 Å². The van der Waals surface area contributed by atoms with Crippen molar-refractivity contribution in [1.82, 2.24) is 10.3 Å². The lowest BCUT2D eigenvalue weighted by molar-refractivity contribution is 0.0860. The molecule has 0 bridgehead atoms. The molecular weight excluding hydrogens is 410 g/mol. The Morgan fingerprint density at radius 1 is 1.16 bits per heavy atom. The molecule has 3 aromatic rings. The Bertz CT molecular complexity index is 1130. The van der Waals surface area contributed by atoms with Gasteiger partial charge < -0.3 is 15.4 Å². The van der Waals surface area contributed by atoms with Crippen LogP contribution in [-0.2, 0) is 5.67 Å². The molecule has 0 aliphatic carbocycles. The van der Waals surface area contributed by atoms with Gasteiger partial charge >= 0.3 is 0 Å². The molecule has 2 N–H and O–H groups in total. The Morgan fingerprint density at radius 2 is 1.87 bits per heavy atom. The van der Waals surface area contributed by atoms with Crippen LogP contribution in [0.3, 0.4) is 0 Å². The number of nitrogens with zero attached hydrogens (tertiary/aromatic N) is 1. The molecule has 1 aliphatic rings. The van der Waals surface area contributed by atoms with Crippen LogP contribution in [0.2, 0.25) is 0 Å². The second-order valence-corrected chi connectivity index (χ2v) is 7.87. The Balaban J connectivity index is 1.79. The molecule has 0 unspecified atom stereocenters. The molecule has 31 heavy (non-hydrogen) atoms. The zero-order valence-corrected chi connectivity index (χ0v) is 17.4. The van der Waals surface area contributed by atoms with Crippen LogP contribution in [0.25, 0.3) is 10.9 Å². The largest absolute Gasteiger partial charge is 0.496 e. The summed E-state index contributed by atoms with van der Waals surface area (Å²) >= 11 is 0. The first-order valence-corrected chi connectivity index (χ1v) is 9.96. The average molecular weight is 433 g/mol. The van der Waals surface area contributed by atoms with Crippen LogP contribution >= 0.6 is 0 Å². The number of nitrogens with one attached hydrogen (secondary N) is 2. The molecule has 0 saturated carbocycles. The van der Waals surface area contributed by atoms with E-state index in [-0.39, 0.29) is 18.7 Å². The topological polar surface area (TPSA) is 46.2 Å². The summed E-state index contributed by atoms with van der Waals surface area (Å²) in [6.45, 7) is 3.85. The summed E-state index contributed by atoms with van der Waals surface area (Å²) in [4.78, 5) is 4.52. The number of benzene rings is 2. The summed E-state index contributed by atoms with van der Waals surface area (Å²) in [7, 11) is 1.48. The van der Waals surface area contributed by atoms with Crippen molar-refractivity contribution in [1.29, 1.82) is 0 Å². The molecule has 1 saturated heterocycles. The summed E-state index contributed by atoms with van der Waals surface area (Å²) in [5.41, 5.74) is 0.243. The predicted octanol–water partition coefficient (Wildman–Crippen LogP) is 5.57. The van der Waals surface area contributed by atoms with Gasteiger partial charge in [-0.1, -0.05) is 18.2 Å². The van der Waals surface area contributed by atoms with Crippen LogP contribution in [0.4, 0.5) is 23.2 Å². The zero-order valence-electron chi connectivity index (χ0n) is 17.4. The van der Waals surface area contributed by atoms with Crippen LogP contribution in [0, 0.1) is 12.7 Å². The van der Waals surface area contributed by atoms with E-state index in [1.165, 1.54) is 19.2 Å². The number of methoxy groups -OCH3 is 1. The van der Waals surface area contributed by atoms with Crippen LogP contribution in [0.5, 0.6) is 5.75 Å². The zero-order chi connectivity index (χ0) is 22.3. The lowest BCUT2D eigenvalue weighted by atomic mass is 9.88. The molecule has 0 spiro atoms. The van der Waals surface area contributed by atoms with E-state index in [9.17, 15) is 13.2 Å². The number of aryl methyl sites for hydroxylation is 1. The summed E-state index contributed by atoms with van der Waals surface area (Å²) < 4.78 is 61.5. The van der Waals surface area contributed by atoms with Crippen molar-refractivity contribution < 1.29 is 22.3 Å². The van der Waals surface area contributed by atoms with E-state index in [2.05, 4.69) is 15.6 Å².